The van der Waals surface area contributed by atoms with E-state index in [0.717, 1.165) is 50.9 Å². The third kappa shape index (κ3) is 4.41. The lowest BCUT2D eigenvalue weighted by molar-refractivity contribution is 0.477. The Morgan fingerprint density at radius 3 is 2.09 bits per heavy atom. The maximum Gasteiger partial charge on any atom is 0.252 e. The summed E-state index contributed by atoms with van der Waals surface area (Å²) in [6.45, 7) is 4.49. The number of aryl methyl sites for hydroxylation is 2. The van der Waals surface area contributed by atoms with Gasteiger partial charge in [-0.2, -0.15) is 0 Å². The third-order valence-corrected chi connectivity index (χ3v) is 11.9. The number of rotatable bonds is 3. The van der Waals surface area contributed by atoms with Gasteiger partial charge < -0.3 is 19.0 Å². The fraction of sp³-hybridized carbons (Fsp3) is 0.0400. The van der Waals surface area contributed by atoms with Crippen molar-refractivity contribution in [3.8, 4) is 33.9 Å². The van der Waals surface area contributed by atoms with Crippen LogP contribution >= 0.6 is 0 Å². The van der Waals surface area contributed by atoms with Gasteiger partial charge in [-0.05, 0) is 130 Å². The van der Waals surface area contributed by atoms with Gasteiger partial charge in [-0.1, -0.05) is 97.1 Å². The highest BCUT2D eigenvalue weighted by Gasteiger charge is 2.46. The van der Waals surface area contributed by atoms with Crippen molar-refractivity contribution < 1.29 is 9.15 Å². The summed E-state index contributed by atoms with van der Waals surface area (Å²) in [4.78, 5) is 4.97. The first kappa shape index (κ1) is 30.5. The molecule has 0 saturated carbocycles. The molecule has 4 nitrogen and oxygen atoms in total. The molecule has 3 aliphatic rings. The molecule has 0 radical (unpaired) electrons. The summed E-state index contributed by atoms with van der Waals surface area (Å²) in [5, 5.41) is 3.46. The van der Waals surface area contributed by atoms with Gasteiger partial charge in [0.25, 0.3) is 6.71 Å². The van der Waals surface area contributed by atoms with Crippen LogP contribution in [0.15, 0.2) is 168 Å². The molecule has 0 unspecified atom stereocenters. The van der Waals surface area contributed by atoms with E-state index in [-0.39, 0.29) is 6.71 Å². The summed E-state index contributed by atoms with van der Waals surface area (Å²) >= 11 is 0. The number of ether oxygens (including phenoxy) is 1. The Kier molecular flexibility index (Phi) is 6.24. The first-order chi connectivity index (χ1) is 27.1. The van der Waals surface area contributed by atoms with E-state index in [1.54, 1.807) is 0 Å². The Morgan fingerprint density at radius 2 is 1.20 bits per heavy atom. The molecule has 0 saturated heterocycles. The molecule has 8 aromatic carbocycles. The predicted molar refractivity (Wildman–Crippen MR) is 228 cm³/mol. The Bertz CT molecular complexity index is 3040. The van der Waals surface area contributed by atoms with Gasteiger partial charge in [0.1, 0.15) is 11.3 Å². The lowest BCUT2D eigenvalue weighted by Gasteiger charge is -2.46. The molecule has 9 aromatic rings. The molecule has 258 valence electrons. The minimum absolute atomic E-state index is 0.0206. The van der Waals surface area contributed by atoms with Gasteiger partial charge in [0, 0.05) is 33.7 Å². The van der Waals surface area contributed by atoms with Crippen LogP contribution in [0, 0.1) is 13.8 Å². The Labute approximate surface area is 319 Å². The van der Waals surface area contributed by atoms with Crippen molar-refractivity contribution >= 4 is 79.0 Å². The van der Waals surface area contributed by atoms with Crippen LogP contribution in [0.25, 0.3) is 44.2 Å². The molecular weight excluding hydrogens is 671 g/mol. The minimum Gasteiger partial charge on any atom is -0.456 e. The fourth-order valence-corrected chi connectivity index (χ4v) is 9.18. The molecule has 0 N–H and O–H groups in total. The van der Waals surface area contributed by atoms with E-state index in [4.69, 9.17) is 9.15 Å². The van der Waals surface area contributed by atoms with Crippen LogP contribution in [-0.4, -0.2) is 6.71 Å². The summed E-state index contributed by atoms with van der Waals surface area (Å²) in [5.41, 5.74) is 17.6. The number of nitrogens with zero attached hydrogens (tertiary/aromatic N) is 2. The Morgan fingerprint density at radius 1 is 0.455 bits per heavy atom. The number of fused-ring (bicyclic) bond motifs is 8. The zero-order valence-corrected chi connectivity index (χ0v) is 30.4. The fourth-order valence-electron chi connectivity index (χ4n) is 9.18. The van der Waals surface area contributed by atoms with Crippen molar-refractivity contribution in [1.29, 1.82) is 0 Å². The van der Waals surface area contributed by atoms with E-state index in [1.807, 2.05) is 12.1 Å². The molecule has 5 heteroatoms. The topological polar surface area (TPSA) is 28.9 Å². The lowest BCUT2D eigenvalue weighted by Crippen LogP contribution is -2.61. The van der Waals surface area contributed by atoms with Crippen LogP contribution in [0.1, 0.15) is 11.1 Å². The van der Waals surface area contributed by atoms with E-state index >= 15 is 0 Å². The van der Waals surface area contributed by atoms with Crippen LogP contribution < -0.4 is 30.9 Å². The normalized spacial score (nSPS) is 13.3. The van der Waals surface area contributed by atoms with Crippen molar-refractivity contribution in [2.75, 3.05) is 9.80 Å². The molecule has 0 bridgehead atoms. The Balaban J connectivity index is 1.12. The standard InChI is InChI=1S/C50H33BN2O2/c1-30-23-40-42(24-31(30)2)52(38-22-21-33-25-36(20-19-34(33)26-38)48-29-35-13-6-8-16-45(35)54-48)43-27-37(32-11-4-3-5-12-32)28-44-49(43)51(40)39-14-10-18-47-50(39)53(44)41-15-7-9-17-46(41)55-47/h3-29H,1-2H3. The second kappa shape index (κ2) is 11.3. The smallest absolute Gasteiger partial charge is 0.252 e. The molecule has 12 rings (SSSR count). The average Bonchev–Trinajstić information content (AvgIpc) is 3.67. The highest BCUT2D eigenvalue weighted by Crippen LogP contribution is 2.53. The van der Waals surface area contributed by atoms with Gasteiger partial charge >= 0.3 is 0 Å². The van der Waals surface area contributed by atoms with Crippen LogP contribution in [0.5, 0.6) is 11.5 Å². The van der Waals surface area contributed by atoms with Crippen LogP contribution in [0.4, 0.5) is 34.1 Å². The van der Waals surface area contributed by atoms with E-state index in [1.165, 1.54) is 66.5 Å². The maximum absolute atomic E-state index is 6.65. The molecule has 0 amide bonds. The van der Waals surface area contributed by atoms with Crippen LogP contribution in [0.3, 0.4) is 0 Å². The maximum atomic E-state index is 6.65. The minimum atomic E-state index is 0.0206. The molecule has 0 aliphatic carbocycles. The molecule has 4 heterocycles. The quantitative estimate of drug-likeness (QED) is 0.171. The molecule has 1 aromatic heterocycles. The number of hydrogen-bond acceptors (Lipinski definition) is 4. The largest absolute Gasteiger partial charge is 0.456 e. The van der Waals surface area contributed by atoms with E-state index < -0.39 is 0 Å². The third-order valence-electron chi connectivity index (χ3n) is 11.9. The van der Waals surface area contributed by atoms with Crippen molar-refractivity contribution in [2.45, 2.75) is 13.8 Å². The number of hydrogen-bond donors (Lipinski definition) is 0. The average molecular weight is 705 g/mol. The van der Waals surface area contributed by atoms with E-state index in [9.17, 15) is 0 Å². The van der Waals surface area contributed by atoms with Crippen LogP contribution in [-0.2, 0) is 0 Å². The number of furan rings is 1. The van der Waals surface area contributed by atoms with Crippen LogP contribution in [0.2, 0.25) is 0 Å². The highest BCUT2D eigenvalue weighted by molar-refractivity contribution is 7.00. The summed E-state index contributed by atoms with van der Waals surface area (Å²) in [6, 6.07) is 59.2. The Hall–Kier alpha value is -6.98. The van der Waals surface area contributed by atoms with E-state index in [0.29, 0.717) is 0 Å². The monoisotopic (exact) mass is 704 g/mol. The SMILES string of the molecule is Cc1cc2c(cc1C)N(c1ccc3cc(-c4cc5ccccc5o4)ccc3c1)c1cc(-c3ccccc3)cc3c1B2c1cccc2c1N3c1ccccc1O2. The molecule has 0 fully saturated rings. The molecule has 3 aliphatic heterocycles. The summed E-state index contributed by atoms with van der Waals surface area (Å²) in [7, 11) is 0. The zero-order chi connectivity index (χ0) is 36.4. The first-order valence-electron chi connectivity index (χ1n) is 18.9. The van der Waals surface area contributed by atoms with Gasteiger partial charge in [-0.3, -0.25) is 0 Å². The van der Waals surface area contributed by atoms with Gasteiger partial charge in [-0.15, -0.1) is 0 Å². The number of benzene rings is 8. The first-order valence-corrected chi connectivity index (χ1v) is 18.9. The molecule has 0 atom stereocenters. The van der Waals surface area contributed by atoms with Crippen molar-refractivity contribution in [1.82, 2.24) is 0 Å². The summed E-state index contributed by atoms with van der Waals surface area (Å²) in [5.74, 6) is 2.63. The predicted octanol–water partition coefficient (Wildman–Crippen LogP) is 11.7. The zero-order valence-electron chi connectivity index (χ0n) is 30.4. The lowest BCUT2D eigenvalue weighted by atomic mass is 9.33. The summed E-state index contributed by atoms with van der Waals surface area (Å²) < 4.78 is 12.9. The molecule has 55 heavy (non-hydrogen) atoms. The van der Waals surface area contributed by atoms with Gasteiger partial charge in [0.15, 0.2) is 11.5 Å². The number of para-hydroxylation sites is 4. The van der Waals surface area contributed by atoms with Crippen molar-refractivity contribution in [3.63, 3.8) is 0 Å². The number of anilines is 6. The second-order valence-electron chi connectivity index (χ2n) is 15.1. The molecule has 0 spiro atoms. The summed E-state index contributed by atoms with van der Waals surface area (Å²) in [6.07, 6.45) is 0. The van der Waals surface area contributed by atoms with E-state index in [2.05, 4.69) is 175 Å². The highest BCUT2D eigenvalue weighted by atomic mass is 16.5. The van der Waals surface area contributed by atoms with Crippen molar-refractivity contribution in [2.24, 2.45) is 0 Å². The van der Waals surface area contributed by atoms with Gasteiger partial charge in [0.05, 0.1) is 11.4 Å². The van der Waals surface area contributed by atoms with Gasteiger partial charge in [0.2, 0.25) is 0 Å². The van der Waals surface area contributed by atoms with Crippen molar-refractivity contribution in [3.05, 3.63) is 175 Å². The second-order valence-corrected chi connectivity index (χ2v) is 15.1. The van der Waals surface area contributed by atoms with Gasteiger partial charge in [-0.25, -0.2) is 0 Å². The molecular formula is C50H33BN2O2.